The van der Waals surface area contributed by atoms with Crippen LogP contribution in [0.4, 0.5) is 5.69 Å². The second-order valence-electron chi connectivity index (χ2n) is 7.67. The fourth-order valence-corrected chi connectivity index (χ4v) is 3.33. The largest absolute Gasteiger partial charge is 0.490 e. The molecule has 34 heavy (non-hydrogen) atoms. The van der Waals surface area contributed by atoms with Crippen LogP contribution in [0.1, 0.15) is 6.92 Å². The van der Waals surface area contributed by atoms with Crippen LogP contribution in [0.2, 0.25) is 0 Å². The molecule has 0 heterocycles. The molecule has 0 aliphatic carbocycles. The van der Waals surface area contributed by atoms with Crippen LogP contribution < -0.4 is 19.5 Å². The average molecular weight is 454 g/mol. The van der Waals surface area contributed by atoms with E-state index >= 15 is 0 Å². The van der Waals surface area contributed by atoms with Crippen LogP contribution in [0, 0.1) is 0 Å². The summed E-state index contributed by atoms with van der Waals surface area (Å²) in [5.74, 6) is 1.94. The molecule has 0 bridgehead atoms. The number of hydrogen-bond acceptors (Lipinski definition) is 4. The van der Waals surface area contributed by atoms with Gasteiger partial charge in [0.25, 0.3) is 5.91 Å². The lowest BCUT2D eigenvalue weighted by molar-refractivity contribution is -0.122. The predicted molar refractivity (Wildman–Crippen MR) is 134 cm³/mol. The first kappa shape index (κ1) is 22.9. The van der Waals surface area contributed by atoms with Crippen LogP contribution in [-0.4, -0.2) is 25.2 Å². The zero-order chi connectivity index (χ0) is 23.6. The third-order valence-electron chi connectivity index (χ3n) is 5.13. The lowest BCUT2D eigenvalue weighted by Crippen LogP contribution is -2.30. The minimum absolute atomic E-state index is 0.225. The average Bonchev–Trinajstić information content (AvgIpc) is 2.89. The molecule has 4 aromatic carbocycles. The molecule has 0 saturated carbocycles. The first-order chi connectivity index (χ1) is 16.7. The summed E-state index contributed by atoms with van der Waals surface area (Å²) in [6.45, 7) is 2.60. The molecule has 0 spiro atoms. The Balaban J connectivity index is 1.22. The van der Waals surface area contributed by atoms with E-state index in [4.69, 9.17) is 14.2 Å². The topological polar surface area (TPSA) is 56.8 Å². The Morgan fingerprint density at radius 2 is 1.15 bits per heavy atom. The summed E-state index contributed by atoms with van der Waals surface area (Å²) in [5, 5.41) is 2.87. The van der Waals surface area contributed by atoms with Crippen LogP contribution in [0.5, 0.6) is 17.2 Å². The maximum atomic E-state index is 12.6. The molecule has 172 valence electrons. The van der Waals surface area contributed by atoms with E-state index in [2.05, 4.69) is 17.4 Å². The Bertz CT molecular complexity index is 1160. The van der Waals surface area contributed by atoms with E-state index in [1.807, 2.05) is 84.9 Å². The number of amides is 1. The van der Waals surface area contributed by atoms with Gasteiger partial charge in [-0.05, 0) is 66.6 Å². The lowest BCUT2D eigenvalue weighted by Gasteiger charge is -2.15. The second-order valence-corrected chi connectivity index (χ2v) is 7.67. The molecule has 1 N–H and O–H groups in total. The maximum Gasteiger partial charge on any atom is 0.265 e. The second kappa shape index (κ2) is 11.6. The van der Waals surface area contributed by atoms with Gasteiger partial charge in [0.2, 0.25) is 0 Å². The van der Waals surface area contributed by atoms with Gasteiger partial charge in [-0.3, -0.25) is 4.79 Å². The van der Waals surface area contributed by atoms with Gasteiger partial charge in [0.15, 0.2) is 6.10 Å². The summed E-state index contributed by atoms with van der Waals surface area (Å²) in [6, 6.07) is 34.7. The number of benzene rings is 4. The number of ether oxygens (including phenoxy) is 3. The Labute approximate surface area is 199 Å². The van der Waals surface area contributed by atoms with Crippen LogP contribution in [0.3, 0.4) is 0 Å². The highest BCUT2D eigenvalue weighted by Gasteiger charge is 2.15. The van der Waals surface area contributed by atoms with Gasteiger partial charge in [0, 0.05) is 5.69 Å². The third kappa shape index (κ3) is 6.62. The van der Waals surface area contributed by atoms with Crippen LogP contribution in [0.25, 0.3) is 11.1 Å². The number of hydrogen-bond donors (Lipinski definition) is 1. The Hall–Kier alpha value is -4.25. The summed E-state index contributed by atoms with van der Waals surface area (Å²) in [4.78, 5) is 12.6. The van der Waals surface area contributed by atoms with Crippen molar-refractivity contribution in [2.45, 2.75) is 13.0 Å². The highest BCUT2D eigenvalue weighted by molar-refractivity contribution is 5.94. The number of para-hydroxylation sites is 1. The maximum absolute atomic E-state index is 12.6. The summed E-state index contributed by atoms with van der Waals surface area (Å²) >= 11 is 0. The Morgan fingerprint density at radius 3 is 1.76 bits per heavy atom. The fraction of sp³-hybridized carbons (Fsp3) is 0.138. The third-order valence-corrected chi connectivity index (χ3v) is 5.13. The molecule has 1 amide bonds. The molecule has 5 heteroatoms. The van der Waals surface area contributed by atoms with E-state index in [0.717, 1.165) is 16.9 Å². The van der Waals surface area contributed by atoms with E-state index in [0.29, 0.717) is 30.4 Å². The molecule has 0 radical (unpaired) electrons. The lowest BCUT2D eigenvalue weighted by atomic mass is 10.1. The van der Waals surface area contributed by atoms with Gasteiger partial charge in [0.05, 0.1) is 0 Å². The molecule has 0 aliphatic rings. The highest BCUT2D eigenvalue weighted by Crippen LogP contribution is 2.23. The van der Waals surface area contributed by atoms with Crippen molar-refractivity contribution < 1.29 is 19.0 Å². The van der Waals surface area contributed by atoms with Crippen molar-refractivity contribution in [1.82, 2.24) is 0 Å². The van der Waals surface area contributed by atoms with Crippen molar-refractivity contribution in [3.63, 3.8) is 0 Å². The highest BCUT2D eigenvalue weighted by atomic mass is 16.5. The molecule has 0 unspecified atom stereocenters. The first-order valence-corrected chi connectivity index (χ1v) is 11.2. The molecule has 1 atom stereocenters. The monoisotopic (exact) mass is 453 g/mol. The molecule has 0 aliphatic heterocycles. The number of nitrogens with one attached hydrogen (secondary N) is 1. The number of carbonyl (C=O) groups excluding carboxylic acids is 1. The number of anilines is 1. The molecule has 4 aromatic rings. The SMILES string of the molecule is C[C@@H](Oc1ccc(-c2ccccc2)cc1)C(=O)Nc1ccc(OCCOc2ccccc2)cc1. The van der Waals surface area contributed by atoms with Crippen molar-refractivity contribution in [2.75, 3.05) is 18.5 Å². The van der Waals surface area contributed by atoms with Crippen molar-refractivity contribution in [1.29, 1.82) is 0 Å². The van der Waals surface area contributed by atoms with E-state index in [-0.39, 0.29) is 5.91 Å². The van der Waals surface area contributed by atoms with E-state index in [1.165, 1.54) is 0 Å². The molecule has 5 nitrogen and oxygen atoms in total. The minimum atomic E-state index is -0.645. The van der Waals surface area contributed by atoms with Gasteiger partial charge >= 0.3 is 0 Å². The van der Waals surface area contributed by atoms with Crippen LogP contribution in [0.15, 0.2) is 109 Å². The Kier molecular flexibility index (Phi) is 7.80. The number of rotatable bonds is 10. The van der Waals surface area contributed by atoms with Crippen molar-refractivity contribution in [3.05, 3.63) is 109 Å². The van der Waals surface area contributed by atoms with Crippen molar-refractivity contribution >= 4 is 11.6 Å². The van der Waals surface area contributed by atoms with Crippen LogP contribution in [-0.2, 0) is 4.79 Å². The fourth-order valence-electron chi connectivity index (χ4n) is 3.33. The van der Waals surface area contributed by atoms with Gasteiger partial charge in [-0.1, -0.05) is 60.7 Å². The van der Waals surface area contributed by atoms with Gasteiger partial charge in [-0.25, -0.2) is 0 Å². The molecule has 4 rings (SSSR count). The Morgan fingerprint density at radius 1 is 0.647 bits per heavy atom. The van der Waals surface area contributed by atoms with Crippen molar-refractivity contribution in [2.24, 2.45) is 0 Å². The summed E-state index contributed by atoms with van der Waals surface area (Å²) in [7, 11) is 0. The minimum Gasteiger partial charge on any atom is -0.490 e. The van der Waals surface area contributed by atoms with Crippen molar-refractivity contribution in [3.8, 4) is 28.4 Å². The van der Waals surface area contributed by atoms with Gasteiger partial charge in [0.1, 0.15) is 30.5 Å². The molecule has 0 aromatic heterocycles. The predicted octanol–water partition coefficient (Wildman–Crippen LogP) is 6.22. The van der Waals surface area contributed by atoms with E-state index in [1.54, 1.807) is 19.1 Å². The summed E-state index contributed by atoms with van der Waals surface area (Å²) in [6.07, 6.45) is -0.645. The standard InChI is InChI=1S/C29H27NO4/c1-22(34-28-16-12-24(13-17-28)23-8-4-2-5-9-23)29(31)30-25-14-18-27(19-15-25)33-21-20-32-26-10-6-3-7-11-26/h2-19,22H,20-21H2,1H3,(H,30,31)/t22-/m1/s1. The van der Waals surface area contributed by atoms with Gasteiger partial charge < -0.3 is 19.5 Å². The molecular formula is C29H27NO4. The van der Waals surface area contributed by atoms with Crippen LogP contribution >= 0.6 is 0 Å². The zero-order valence-corrected chi connectivity index (χ0v) is 19.0. The first-order valence-electron chi connectivity index (χ1n) is 11.2. The summed E-state index contributed by atoms with van der Waals surface area (Å²) < 4.78 is 17.1. The van der Waals surface area contributed by atoms with E-state index in [9.17, 15) is 4.79 Å². The number of carbonyl (C=O) groups is 1. The molecular weight excluding hydrogens is 426 g/mol. The van der Waals surface area contributed by atoms with Gasteiger partial charge in [-0.15, -0.1) is 0 Å². The molecule has 0 fully saturated rings. The summed E-state index contributed by atoms with van der Waals surface area (Å²) in [5.41, 5.74) is 2.91. The normalized spacial score (nSPS) is 11.3. The zero-order valence-electron chi connectivity index (χ0n) is 19.0. The molecule has 0 saturated heterocycles. The van der Waals surface area contributed by atoms with E-state index < -0.39 is 6.10 Å². The quantitative estimate of drug-likeness (QED) is 0.290. The van der Waals surface area contributed by atoms with Gasteiger partial charge in [-0.2, -0.15) is 0 Å². The smallest absolute Gasteiger partial charge is 0.265 e.